The van der Waals surface area contributed by atoms with E-state index >= 15 is 0 Å². The zero-order valence-electron chi connectivity index (χ0n) is 11.5. The quantitative estimate of drug-likeness (QED) is 0.822. The molecule has 0 saturated carbocycles. The highest BCUT2D eigenvalue weighted by atomic mass is 16.5. The molecule has 104 valence electrons. The highest BCUT2D eigenvalue weighted by Gasteiger charge is 2.23. The van der Waals surface area contributed by atoms with Crippen LogP contribution in [0.4, 0.5) is 11.4 Å². The van der Waals surface area contributed by atoms with Crippen LogP contribution in [0.1, 0.15) is 6.42 Å². The summed E-state index contributed by atoms with van der Waals surface area (Å²) in [5.74, 6) is 0.0687. The summed E-state index contributed by atoms with van der Waals surface area (Å²) < 4.78 is 5.34. The van der Waals surface area contributed by atoms with Gasteiger partial charge in [-0.3, -0.25) is 9.69 Å². The summed E-state index contributed by atoms with van der Waals surface area (Å²) in [5.41, 5.74) is 7.20. The number of nitrogens with zero attached hydrogens (tertiary/aromatic N) is 2. The number of hydrogen-bond acceptors (Lipinski definition) is 4. The molecule has 1 aromatic carbocycles. The minimum absolute atomic E-state index is 0.0687. The molecular weight excluding hydrogens is 242 g/mol. The minimum atomic E-state index is 0.0687. The Balaban J connectivity index is 1.93. The van der Waals surface area contributed by atoms with Crippen LogP contribution in [-0.2, 0) is 9.53 Å². The summed E-state index contributed by atoms with van der Waals surface area (Å²) in [6.07, 6.45) is 0.995. The van der Waals surface area contributed by atoms with E-state index < -0.39 is 0 Å². The summed E-state index contributed by atoms with van der Waals surface area (Å²) in [6.45, 7) is 1.90. The summed E-state index contributed by atoms with van der Waals surface area (Å²) >= 11 is 0. The molecule has 19 heavy (non-hydrogen) atoms. The summed E-state index contributed by atoms with van der Waals surface area (Å²) in [5, 5.41) is 0. The van der Waals surface area contributed by atoms with Gasteiger partial charge >= 0.3 is 0 Å². The van der Waals surface area contributed by atoms with Crippen LogP contribution in [-0.4, -0.2) is 50.7 Å². The standard InChI is InChI=1S/C14H21N3O2/c1-16(13-7-8-19-10-13)9-14(18)17(2)12-5-3-11(15)4-6-12/h3-6,13H,7-10,15H2,1-2H3. The number of carbonyl (C=O) groups is 1. The van der Waals surface area contributed by atoms with E-state index in [0.29, 0.717) is 18.3 Å². The lowest BCUT2D eigenvalue weighted by Crippen LogP contribution is -2.41. The lowest BCUT2D eigenvalue weighted by atomic mass is 10.2. The monoisotopic (exact) mass is 263 g/mol. The number of nitrogens with two attached hydrogens (primary N) is 1. The molecule has 1 heterocycles. The van der Waals surface area contributed by atoms with Crippen LogP contribution in [0.5, 0.6) is 0 Å². The largest absolute Gasteiger partial charge is 0.399 e. The van der Waals surface area contributed by atoms with Crippen molar-refractivity contribution in [2.24, 2.45) is 0 Å². The molecule has 1 atom stereocenters. The summed E-state index contributed by atoms with van der Waals surface area (Å²) in [4.78, 5) is 15.9. The molecule has 1 aromatic rings. The van der Waals surface area contributed by atoms with Crippen LogP contribution < -0.4 is 10.6 Å². The second-order valence-corrected chi connectivity index (χ2v) is 4.98. The van der Waals surface area contributed by atoms with E-state index in [0.717, 1.165) is 25.3 Å². The molecule has 0 radical (unpaired) electrons. The Bertz CT molecular complexity index is 427. The van der Waals surface area contributed by atoms with Gasteiger partial charge in [0.25, 0.3) is 0 Å². The maximum atomic E-state index is 12.2. The van der Waals surface area contributed by atoms with Crippen LogP contribution in [0.25, 0.3) is 0 Å². The first-order valence-electron chi connectivity index (χ1n) is 6.48. The molecule has 0 aliphatic carbocycles. The van der Waals surface area contributed by atoms with Crippen LogP contribution in [0, 0.1) is 0 Å². The van der Waals surface area contributed by atoms with Gasteiger partial charge in [-0.25, -0.2) is 0 Å². The first-order chi connectivity index (χ1) is 9.08. The third-order valence-electron chi connectivity index (χ3n) is 3.57. The topological polar surface area (TPSA) is 58.8 Å². The molecule has 2 N–H and O–H groups in total. The number of nitrogen functional groups attached to an aromatic ring is 1. The van der Waals surface area contributed by atoms with Gasteiger partial charge in [0.15, 0.2) is 0 Å². The van der Waals surface area contributed by atoms with E-state index in [2.05, 4.69) is 4.90 Å². The maximum absolute atomic E-state index is 12.2. The normalized spacial score (nSPS) is 18.8. The number of anilines is 2. The van der Waals surface area contributed by atoms with E-state index in [1.54, 1.807) is 24.1 Å². The van der Waals surface area contributed by atoms with Crippen molar-refractivity contribution in [2.75, 3.05) is 44.5 Å². The number of likely N-dealkylation sites (N-methyl/N-ethyl adjacent to an activating group) is 2. The molecule has 0 spiro atoms. The van der Waals surface area contributed by atoms with E-state index in [1.807, 2.05) is 19.2 Å². The third-order valence-corrected chi connectivity index (χ3v) is 3.57. The predicted molar refractivity (Wildman–Crippen MR) is 76.1 cm³/mol. The van der Waals surface area contributed by atoms with Gasteiger partial charge in [0.2, 0.25) is 5.91 Å². The van der Waals surface area contributed by atoms with Gasteiger partial charge < -0.3 is 15.4 Å². The van der Waals surface area contributed by atoms with Gasteiger partial charge in [-0.2, -0.15) is 0 Å². The SMILES string of the molecule is CN(C(=O)CN(C)C1CCOC1)c1ccc(N)cc1. The molecule has 2 rings (SSSR count). The Hall–Kier alpha value is -1.59. The lowest BCUT2D eigenvalue weighted by Gasteiger charge is -2.25. The highest BCUT2D eigenvalue weighted by molar-refractivity contribution is 5.94. The van der Waals surface area contributed by atoms with Crippen molar-refractivity contribution in [1.82, 2.24) is 4.90 Å². The zero-order chi connectivity index (χ0) is 13.8. The van der Waals surface area contributed by atoms with Gasteiger partial charge in [-0.1, -0.05) is 0 Å². The van der Waals surface area contributed by atoms with Gasteiger partial charge in [0, 0.05) is 31.1 Å². The average Bonchev–Trinajstić information content (AvgIpc) is 2.92. The molecular formula is C14H21N3O2. The summed E-state index contributed by atoms with van der Waals surface area (Å²) in [6, 6.07) is 7.66. The smallest absolute Gasteiger partial charge is 0.240 e. The minimum Gasteiger partial charge on any atom is -0.399 e. The molecule has 1 saturated heterocycles. The van der Waals surface area contributed by atoms with Crippen molar-refractivity contribution in [1.29, 1.82) is 0 Å². The van der Waals surface area contributed by atoms with Crippen molar-refractivity contribution >= 4 is 17.3 Å². The molecule has 0 aromatic heterocycles. The molecule has 1 aliphatic rings. The predicted octanol–water partition coefficient (Wildman–Crippen LogP) is 0.952. The third kappa shape index (κ3) is 3.45. The zero-order valence-corrected chi connectivity index (χ0v) is 11.5. The van der Waals surface area contributed by atoms with E-state index in [4.69, 9.17) is 10.5 Å². The van der Waals surface area contributed by atoms with Gasteiger partial charge in [0.1, 0.15) is 0 Å². The number of ether oxygens (including phenoxy) is 1. The molecule has 1 fully saturated rings. The van der Waals surface area contributed by atoms with Crippen LogP contribution >= 0.6 is 0 Å². The van der Waals surface area contributed by atoms with Crippen molar-refractivity contribution < 1.29 is 9.53 Å². The Morgan fingerprint density at radius 3 is 2.63 bits per heavy atom. The number of benzene rings is 1. The Morgan fingerprint density at radius 2 is 2.05 bits per heavy atom. The molecule has 1 aliphatic heterocycles. The molecule has 1 amide bonds. The maximum Gasteiger partial charge on any atom is 0.240 e. The number of rotatable bonds is 4. The fourth-order valence-electron chi connectivity index (χ4n) is 2.16. The molecule has 5 nitrogen and oxygen atoms in total. The van der Waals surface area contributed by atoms with Crippen LogP contribution in [0.15, 0.2) is 24.3 Å². The molecule has 5 heteroatoms. The Labute approximate surface area is 113 Å². The van der Waals surface area contributed by atoms with Gasteiger partial charge in [-0.05, 0) is 37.7 Å². The van der Waals surface area contributed by atoms with Crippen molar-refractivity contribution in [3.63, 3.8) is 0 Å². The molecule has 1 unspecified atom stereocenters. The van der Waals surface area contributed by atoms with Crippen molar-refractivity contribution in [2.45, 2.75) is 12.5 Å². The van der Waals surface area contributed by atoms with Gasteiger partial charge in [0.05, 0.1) is 13.2 Å². The van der Waals surface area contributed by atoms with E-state index in [-0.39, 0.29) is 5.91 Å². The van der Waals surface area contributed by atoms with Gasteiger partial charge in [-0.15, -0.1) is 0 Å². The number of carbonyl (C=O) groups excluding carboxylic acids is 1. The van der Waals surface area contributed by atoms with Crippen molar-refractivity contribution in [3.05, 3.63) is 24.3 Å². The van der Waals surface area contributed by atoms with E-state index in [9.17, 15) is 4.79 Å². The summed E-state index contributed by atoms with van der Waals surface area (Å²) in [7, 11) is 3.75. The Kier molecular flexibility index (Phi) is 4.39. The second-order valence-electron chi connectivity index (χ2n) is 4.98. The highest BCUT2D eigenvalue weighted by Crippen LogP contribution is 2.16. The van der Waals surface area contributed by atoms with Crippen LogP contribution in [0.2, 0.25) is 0 Å². The number of amides is 1. The van der Waals surface area contributed by atoms with Crippen molar-refractivity contribution in [3.8, 4) is 0 Å². The average molecular weight is 263 g/mol. The second kappa shape index (κ2) is 6.04. The lowest BCUT2D eigenvalue weighted by molar-refractivity contribution is -0.119. The first kappa shape index (κ1) is 13.8. The first-order valence-corrected chi connectivity index (χ1v) is 6.48. The fraction of sp³-hybridized carbons (Fsp3) is 0.500. The van der Waals surface area contributed by atoms with E-state index in [1.165, 1.54) is 0 Å². The fourth-order valence-corrected chi connectivity index (χ4v) is 2.16. The van der Waals surface area contributed by atoms with Crippen LogP contribution in [0.3, 0.4) is 0 Å². The number of hydrogen-bond donors (Lipinski definition) is 1. The molecule has 0 bridgehead atoms. The Morgan fingerprint density at radius 1 is 1.37 bits per heavy atom.